The van der Waals surface area contributed by atoms with E-state index in [9.17, 15) is 14.0 Å². The molecule has 3 heterocycles. The van der Waals surface area contributed by atoms with Crippen LogP contribution in [0.15, 0.2) is 40.5 Å². The number of thiophene rings is 1. The van der Waals surface area contributed by atoms with Gasteiger partial charge < -0.3 is 5.32 Å². The van der Waals surface area contributed by atoms with E-state index in [0.29, 0.717) is 30.9 Å². The van der Waals surface area contributed by atoms with E-state index in [-0.39, 0.29) is 23.2 Å². The van der Waals surface area contributed by atoms with Crippen LogP contribution in [0.2, 0.25) is 5.02 Å². The fraction of sp³-hybridized carbons (Fsp3) is 0.350. The molecular formula is C20H20ClFN4O2S. The minimum absolute atomic E-state index is 0.112. The summed E-state index contributed by atoms with van der Waals surface area (Å²) in [5.74, 6) is -0.521. The van der Waals surface area contributed by atoms with Gasteiger partial charge in [-0.25, -0.2) is 13.9 Å². The first-order chi connectivity index (χ1) is 14.0. The second kappa shape index (κ2) is 8.51. The highest BCUT2D eigenvalue weighted by Gasteiger charge is 2.31. The molecule has 29 heavy (non-hydrogen) atoms. The summed E-state index contributed by atoms with van der Waals surface area (Å²) in [7, 11) is 0. The Labute approximate surface area is 175 Å². The molecule has 4 rings (SSSR count). The molecule has 0 radical (unpaired) electrons. The maximum atomic E-state index is 13.3. The third-order valence-electron chi connectivity index (χ3n) is 5.04. The van der Waals surface area contributed by atoms with E-state index >= 15 is 0 Å². The number of fused-ring (bicyclic) bond motifs is 1. The summed E-state index contributed by atoms with van der Waals surface area (Å²) in [4.78, 5) is 26.7. The Balaban J connectivity index is 1.50. The second-order valence-electron chi connectivity index (χ2n) is 7.00. The number of rotatable bonds is 6. The summed E-state index contributed by atoms with van der Waals surface area (Å²) in [6.07, 6.45) is 2.16. The molecule has 2 aromatic heterocycles. The lowest BCUT2D eigenvalue weighted by Crippen LogP contribution is -2.36. The van der Waals surface area contributed by atoms with Crippen LogP contribution in [-0.2, 0) is 24.3 Å². The van der Waals surface area contributed by atoms with Crippen molar-refractivity contribution in [3.63, 3.8) is 0 Å². The molecule has 0 saturated heterocycles. The highest BCUT2D eigenvalue weighted by atomic mass is 35.5. The van der Waals surface area contributed by atoms with Gasteiger partial charge in [0.15, 0.2) is 0 Å². The van der Waals surface area contributed by atoms with Gasteiger partial charge in [0.25, 0.3) is 0 Å². The normalized spacial score (nSPS) is 15.9. The summed E-state index contributed by atoms with van der Waals surface area (Å²) >= 11 is 7.74. The highest BCUT2D eigenvalue weighted by Crippen LogP contribution is 2.25. The van der Waals surface area contributed by atoms with Gasteiger partial charge in [0, 0.05) is 23.0 Å². The zero-order valence-corrected chi connectivity index (χ0v) is 17.2. The number of benzene rings is 1. The molecule has 0 fully saturated rings. The lowest BCUT2D eigenvalue weighted by Gasteiger charge is -2.21. The van der Waals surface area contributed by atoms with Crippen molar-refractivity contribution in [2.24, 2.45) is 0 Å². The standard InChI is InChI=1S/C20H20ClFN4O2S/c21-17-11-14(22)6-5-13(17)12-26-20(28)25-9-1-4-16(18(25)24-26)19(27)23-8-7-15-3-2-10-29-15/h2-3,5-6,10-11,16H,1,4,7-9,12H2,(H,23,27). The molecular weight excluding hydrogens is 415 g/mol. The quantitative estimate of drug-likeness (QED) is 0.647. The molecule has 1 amide bonds. The summed E-state index contributed by atoms with van der Waals surface area (Å²) in [6.45, 7) is 1.21. The number of hydrogen-bond donors (Lipinski definition) is 1. The van der Waals surface area contributed by atoms with Gasteiger partial charge in [0.2, 0.25) is 5.91 Å². The van der Waals surface area contributed by atoms with Gasteiger partial charge >= 0.3 is 5.69 Å². The summed E-state index contributed by atoms with van der Waals surface area (Å²) in [6, 6.07) is 8.07. The predicted molar refractivity (Wildman–Crippen MR) is 110 cm³/mol. The Morgan fingerprint density at radius 2 is 2.24 bits per heavy atom. The first-order valence-corrected chi connectivity index (χ1v) is 10.7. The summed E-state index contributed by atoms with van der Waals surface area (Å²) in [5.41, 5.74) is 0.319. The van der Waals surface area contributed by atoms with E-state index in [4.69, 9.17) is 11.6 Å². The van der Waals surface area contributed by atoms with E-state index in [1.165, 1.54) is 27.8 Å². The zero-order valence-electron chi connectivity index (χ0n) is 15.6. The Morgan fingerprint density at radius 3 is 3.00 bits per heavy atom. The molecule has 1 N–H and O–H groups in total. The summed E-state index contributed by atoms with van der Waals surface area (Å²) < 4.78 is 16.1. The van der Waals surface area contributed by atoms with Crippen LogP contribution in [0.25, 0.3) is 0 Å². The van der Waals surface area contributed by atoms with Crippen LogP contribution in [0.5, 0.6) is 0 Å². The van der Waals surface area contributed by atoms with Crippen molar-refractivity contribution < 1.29 is 9.18 Å². The lowest BCUT2D eigenvalue weighted by molar-refractivity contribution is -0.123. The molecule has 6 nitrogen and oxygen atoms in total. The van der Waals surface area contributed by atoms with Crippen LogP contribution >= 0.6 is 22.9 Å². The average molecular weight is 435 g/mol. The zero-order chi connectivity index (χ0) is 20.4. The molecule has 152 valence electrons. The van der Waals surface area contributed by atoms with Crippen LogP contribution in [0.4, 0.5) is 4.39 Å². The number of nitrogens with zero attached hydrogens (tertiary/aromatic N) is 3. The van der Waals surface area contributed by atoms with Crippen LogP contribution < -0.4 is 11.0 Å². The van der Waals surface area contributed by atoms with Crippen molar-refractivity contribution >= 4 is 28.8 Å². The Kier molecular flexibility index (Phi) is 5.82. The van der Waals surface area contributed by atoms with E-state index < -0.39 is 11.7 Å². The average Bonchev–Trinajstić information content (AvgIpc) is 3.32. The molecule has 0 spiro atoms. The fourth-order valence-corrected chi connectivity index (χ4v) is 4.49. The van der Waals surface area contributed by atoms with Gasteiger partial charge in [-0.3, -0.25) is 9.36 Å². The van der Waals surface area contributed by atoms with Crippen molar-refractivity contribution in [1.82, 2.24) is 19.7 Å². The molecule has 1 aromatic carbocycles. The van der Waals surface area contributed by atoms with Crippen LogP contribution in [-0.4, -0.2) is 26.8 Å². The van der Waals surface area contributed by atoms with E-state index in [1.54, 1.807) is 15.9 Å². The van der Waals surface area contributed by atoms with Crippen LogP contribution in [0.1, 0.15) is 35.0 Å². The smallest absolute Gasteiger partial charge is 0.346 e. The molecule has 9 heteroatoms. The van der Waals surface area contributed by atoms with Gasteiger partial charge in [-0.15, -0.1) is 11.3 Å². The van der Waals surface area contributed by atoms with Gasteiger partial charge in [-0.05, 0) is 48.4 Å². The van der Waals surface area contributed by atoms with Crippen LogP contribution in [0.3, 0.4) is 0 Å². The number of aromatic nitrogens is 3. The van der Waals surface area contributed by atoms with E-state index in [0.717, 1.165) is 12.8 Å². The molecule has 1 aliphatic rings. The molecule has 0 saturated carbocycles. The van der Waals surface area contributed by atoms with E-state index in [2.05, 4.69) is 10.4 Å². The van der Waals surface area contributed by atoms with Gasteiger partial charge in [0.1, 0.15) is 11.6 Å². The molecule has 1 unspecified atom stereocenters. The van der Waals surface area contributed by atoms with Gasteiger partial charge in [-0.2, -0.15) is 5.10 Å². The van der Waals surface area contributed by atoms with Gasteiger partial charge in [-0.1, -0.05) is 23.7 Å². The van der Waals surface area contributed by atoms with Crippen LogP contribution in [0, 0.1) is 5.82 Å². The summed E-state index contributed by atoms with van der Waals surface area (Å²) in [5, 5.41) is 9.64. The Bertz CT molecular complexity index is 1080. The van der Waals surface area contributed by atoms with E-state index in [1.807, 2.05) is 17.5 Å². The van der Waals surface area contributed by atoms with Crippen molar-refractivity contribution in [3.05, 3.63) is 73.3 Å². The fourth-order valence-electron chi connectivity index (χ4n) is 3.56. The van der Waals surface area contributed by atoms with Gasteiger partial charge in [0.05, 0.1) is 12.5 Å². The van der Waals surface area contributed by atoms with Crippen molar-refractivity contribution in [2.45, 2.75) is 38.3 Å². The second-order valence-corrected chi connectivity index (χ2v) is 8.44. The monoisotopic (exact) mass is 434 g/mol. The SMILES string of the molecule is O=C(NCCc1cccs1)C1CCCn2c1nn(Cc1ccc(F)cc1Cl)c2=O. The maximum absolute atomic E-state index is 13.3. The largest absolute Gasteiger partial charge is 0.355 e. The number of carbonyl (C=O) groups is 1. The number of nitrogens with one attached hydrogen (secondary N) is 1. The number of carbonyl (C=O) groups excluding carboxylic acids is 1. The highest BCUT2D eigenvalue weighted by molar-refractivity contribution is 7.09. The number of hydrogen-bond acceptors (Lipinski definition) is 4. The molecule has 3 aromatic rings. The predicted octanol–water partition coefficient (Wildman–Crippen LogP) is 3.18. The Hall–Kier alpha value is -2.45. The molecule has 1 aliphatic heterocycles. The molecule has 1 atom stereocenters. The van der Waals surface area contributed by atoms with Crippen molar-refractivity contribution in [2.75, 3.05) is 6.54 Å². The Morgan fingerprint density at radius 1 is 1.38 bits per heavy atom. The minimum Gasteiger partial charge on any atom is -0.355 e. The van der Waals surface area contributed by atoms with Crippen molar-refractivity contribution in [3.8, 4) is 0 Å². The number of amides is 1. The lowest BCUT2D eigenvalue weighted by atomic mass is 9.98. The first-order valence-electron chi connectivity index (χ1n) is 9.44. The third kappa shape index (κ3) is 4.28. The number of halogens is 2. The minimum atomic E-state index is -0.454. The third-order valence-corrected chi connectivity index (χ3v) is 6.33. The van der Waals surface area contributed by atoms with Crippen molar-refractivity contribution in [1.29, 1.82) is 0 Å². The molecule has 0 aliphatic carbocycles. The molecule has 0 bridgehead atoms. The first kappa shape index (κ1) is 19.8. The maximum Gasteiger partial charge on any atom is 0.346 e. The topological polar surface area (TPSA) is 68.9 Å².